The van der Waals surface area contributed by atoms with Gasteiger partial charge in [-0.3, -0.25) is 4.57 Å². The fourth-order valence-electron chi connectivity index (χ4n) is 6.62. The minimum atomic E-state index is 0.566. The first kappa shape index (κ1) is 24.6. The van der Waals surface area contributed by atoms with Crippen LogP contribution in [0.25, 0.3) is 92.6 Å². The maximum Gasteiger partial charge on any atom is 0.238 e. The third kappa shape index (κ3) is 3.63. The lowest BCUT2D eigenvalue weighted by Gasteiger charge is -2.10. The Morgan fingerprint density at radius 3 is 1.91 bits per heavy atom. The third-order valence-electron chi connectivity index (χ3n) is 8.66. The lowest BCUT2D eigenvalue weighted by molar-refractivity contribution is 0.669. The highest BCUT2D eigenvalue weighted by molar-refractivity contribution is 7.26. The van der Waals surface area contributed by atoms with E-state index in [9.17, 15) is 0 Å². The zero-order valence-electron chi connectivity index (χ0n) is 23.8. The SMILES string of the molecule is c1ccc(-c2nc(-c3ccccc3)nc(-n3c4ccccc4c4cc5c(cc43)oc3ccc4c6ccccc6sc4c35)n2)cc1. The van der Waals surface area contributed by atoms with E-state index in [1.807, 2.05) is 72.0 Å². The van der Waals surface area contributed by atoms with Crippen molar-refractivity contribution in [1.29, 1.82) is 0 Å². The summed E-state index contributed by atoms with van der Waals surface area (Å²) in [6.45, 7) is 0. The number of furan rings is 1. The summed E-state index contributed by atoms with van der Waals surface area (Å²) in [6, 6.07) is 46.0. The van der Waals surface area contributed by atoms with Crippen molar-refractivity contribution in [3.8, 4) is 28.7 Å². The molecule has 5 nitrogen and oxygen atoms in total. The number of fused-ring (bicyclic) bond motifs is 10. The maximum atomic E-state index is 6.58. The molecular weight excluding hydrogens is 573 g/mol. The van der Waals surface area contributed by atoms with Gasteiger partial charge in [0.25, 0.3) is 0 Å². The first-order chi connectivity index (χ1) is 22.3. The number of para-hydroxylation sites is 1. The van der Waals surface area contributed by atoms with Gasteiger partial charge in [-0.2, -0.15) is 9.97 Å². The molecule has 0 aliphatic heterocycles. The van der Waals surface area contributed by atoms with E-state index in [1.165, 1.54) is 25.6 Å². The van der Waals surface area contributed by atoms with E-state index in [1.54, 1.807) is 0 Å². The molecule has 10 rings (SSSR count). The monoisotopic (exact) mass is 594 g/mol. The molecule has 0 fully saturated rings. The Labute approximate surface area is 260 Å². The van der Waals surface area contributed by atoms with Gasteiger partial charge in [0.05, 0.1) is 11.0 Å². The predicted octanol–water partition coefficient (Wildman–Crippen LogP) is 10.6. The molecule has 0 amide bonds. The topological polar surface area (TPSA) is 56.7 Å². The highest BCUT2D eigenvalue weighted by Gasteiger charge is 2.21. The molecule has 210 valence electrons. The first-order valence-corrected chi connectivity index (χ1v) is 15.7. The van der Waals surface area contributed by atoms with Gasteiger partial charge < -0.3 is 4.42 Å². The van der Waals surface area contributed by atoms with Crippen molar-refractivity contribution in [1.82, 2.24) is 19.5 Å². The van der Waals surface area contributed by atoms with Crippen LogP contribution in [-0.4, -0.2) is 19.5 Å². The summed E-state index contributed by atoms with van der Waals surface area (Å²) in [4.78, 5) is 15.1. The Morgan fingerprint density at radius 2 is 1.16 bits per heavy atom. The molecule has 0 N–H and O–H groups in total. The highest BCUT2D eigenvalue weighted by atomic mass is 32.1. The first-order valence-electron chi connectivity index (χ1n) is 14.9. The molecule has 0 atom stereocenters. The largest absolute Gasteiger partial charge is 0.456 e. The molecule has 0 aliphatic carbocycles. The van der Waals surface area contributed by atoms with Crippen molar-refractivity contribution in [3.05, 3.63) is 133 Å². The van der Waals surface area contributed by atoms with E-state index >= 15 is 0 Å². The van der Waals surface area contributed by atoms with E-state index < -0.39 is 0 Å². The fraction of sp³-hybridized carbons (Fsp3) is 0. The lowest BCUT2D eigenvalue weighted by Crippen LogP contribution is -2.06. The van der Waals surface area contributed by atoms with Crippen LogP contribution in [0.1, 0.15) is 0 Å². The summed E-state index contributed by atoms with van der Waals surface area (Å²) in [6.07, 6.45) is 0. The van der Waals surface area contributed by atoms with Crippen molar-refractivity contribution >= 4 is 75.3 Å². The molecule has 0 unspecified atom stereocenters. The number of aromatic nitrogens is 4. The summed E-state index contributed by atoms with van der Waals surface area (Å²) in [7, 11) is 0. The van der Waals surface area contributed by atoms with Crippen LogP contribution in [0.3, 0.4) is 0 Å². The molecule has 10 aromatic rings. The Kier molecular flexibility index (Phi) is 5.09. The summed E-state index contributed by atoms with van der Waals surface area (Å²) >= 11 is 1.83. The molecule has 0 saturated heterocycles. The quantitative estimate of drug-likeness (QED) is 0.204. The van der Waals surface area contributed by atoms with E-state index in [0.717, 1.165) is 49.5 Å². The van der Waals surface area contributed by atoms with Gasteiger partial charge in [-0.1, -0.05) is 97.1 Å². The second kappa shape index (κ2) is 9.32. The molecule has 6 aromatic carbocycles. The van der Waals surface area contributed by atoms with Crippen LogP contribution in [0.5, 0.6) is 0 Å². The normalized spacial score (nSPS) is 12.0. The third-order valence-corrected chi connectivity index (χ3v) is 9.86. The fourth-order valence-corrected chi connectivity index (χ4v) is 7.87. The predicted molar refractivity (Wildman–Crippen MR) is 185 cm³/mol. The molecule has 0 spiro atoms. The van der Waals surface area contributed by atoms with E-state index in [0.29, 0.717) is 17.6 Å². The molecule has 45 heavy (non-hydrogen) atoms. The van der Waals surface area contributed by atoms with Crippen LogP contribution in [0.15, 0.2) is 138 Å². The standard InChI is InChI=1S/C39H22N4OS/c1-3-11-23(12-4-1)37-40-38(24-13-5-2-6-14-24)42-39(41-37)43-30-17-9-7-15-25(30)28-21-29-33(22-31(28)43)44-32-20-19-27-26-16-8-10-18-34(26)45-36(27)35(29)32/h1-22H. The van der Waals surface area contributed by atoms with Gasteiger partial charge in [0.1, 0.15) is 11.2 Å². The summed E-state index contributed by atoms with van der Waals surface area (Å²) < 4.78 is 11.3. The molecule has 6 heteroatoms. The number of hydrogen-bond acceptors (Lipinski definition) is 5. The van der Waals surface area contributed by atoms with Gasteiger partial charge in [-0.25, -0.2) is 4.98 Å². The molecular formula is C39H22N4OS. The number of rotatable bonds is 3. The average Bonchev–Trinajstić information content (AvgIpc) is 3.76. The van der Waals surface area contributed by atoms with E-state index in [4.69, 9.17) is 19.4 Å². The zero-order chi connectivity index (χ0) is 29.5. The van der Waals surface area contributed by atoms with Crippen LogP contribution in [0, 0.1) is 0 Å². The molecule has 0 bridgehead atoms. The van der Waals surface area contributed by atoms with Crippen molar-refractivity contribution in [2.24, 2.45) is 0 Å². The summed E-state index contributed by atoms with van der Waals surface area (Å²) in [5, 5.41) is 7.09. The van der Waals surface area contributed by atoms with Crippen LogP contribution >= 0.6 is 11.3 Å². The van der Waals surface area contributed by atoms with Crippen molar-refractivity contribution in [3.63, 3.8) is 0 Å². The molecule has 4 heterocycles. The lowest BCUT2D eigenvalue weighted by atomic mass is 10.1. The zero-order valence-corrected chi connectivity index (χ0v) is 24.6. The van der Waals surface area contributed by atoms with Crippen LogP contribution < -0.4 is 0 Å². The molecule has 0 aliphatic rings. The van der Waals surface area contributed by atoms with Gasteiger partial charge in [-0.15, -0.1) is 11.3 Å². The number of thiophene rings is 1. The van der Waals surface area contributed by atoms with Crippen molar-refractivity contribution in [2.45, 2.75) is 0 Å². The minimum absolute atomic E-state index is 0.566. The number of benzene rings is 6. The molecule has 4 aromatic heterocycles. The van der Waals surface area contributed by atoms with Crippen LogP contribution in [-0.2, 0) is 0 Å². The Balaban J connectivity index is 1.30. The van der Waals surface area contributed by atoms with E-state index in [2.05, 4.69) is 77.4 Å². The van der Waals surface area contributed by atoms with Gasteiger partial charge in [0.15, 0.2) is 11.6 Å². The Bertz CT molecular complexity index is 2700. The number of hydrogen-bond donors (Lipinski definition) is 0. The van der Waals surface area contributed by atoms with Gasteiger partial charge in [0, 0.05) is 58.9 Å². The maximum absolute atomic E-state index is 6.58. The van der Waals surface area contributed by atoms with Crippen molar-refractivity contribution in [2.75, 3.05) is 0 Å². The van der Waals surface area contributed by atoms with Gasteiger partial charge >= 0.3 is 0 Å². The van der Waals surface area contributed by atoms with Gasteiger partial charge in [-0.05, 0) is 30.3 Å². The van der Waals surface area contributed by atoms with Crippen LogP contribution in [0.4, 0.5) is 0 Å². The smallest absolute Gasteiger partial charge is 0.238 e. The Hall–Kier alpha value is -5.85. The van der Waals surface area contributed by atoms with E-state index in [-0.39, 0.29) is 0 Å². The second-order valence-corrected chi connectivity index (χ2v) is 12.3. The van der Waals surface area contributed by atoms with Crippen LogP contribution in [0.2, 0.25) is 0 Å². The average molecular weight is 595 g/mol. The second-order valence-electron chi connectivity index (χ2n) is 11.2. The minimum Gasteiger partial charge on any atom is -0.456 e. The summed E-state index contributed by atoms with van der Waals surface area (Å²) in [5.41, 5.74) is 5.62. The van der Waals surface area contributed by atoms with Gasteiger partial charge in [0.2, 0.25) is 5.95 Å². The number of nitrogens with zero attached hydrogens (tertiary/aromatic N) is 4. The molecule has 0 saturated carbocycles. The Morgan fingerprint density at radius 1 is 0.489 bits per heavy atom. The highest BCUT2D eigenvalue weighted by Crippen LogP contribution is 2.44. The molecule has 0 radical (unpaired) electrons. The summed E-state index contributed by atoms with van der Waals surface area (Å²) in [5.74, 6) is 1.82. The van der Waals surface area contributed by atoms with Crippen molar-refractivity contribution < 1.29 is 4.42 Å².